The van der Waals surface area contributed by atoms with Gasteiger partial charge in [-0.15, -0.1) is 0 Å². The summed E-state index contributed by atoms with van der Waals surface area (Å²) in [6.45, 7) is -0.501. The summed E-state index contributed by atoms with van der Waals surface area (Å²) in [5, 5.41) is 2.95. The molecule has 2 aromatic rings. The first kappa shape index (κ1) is 16.9. The van der Waals surface area contributed by atoms with Crippen LogP contribution in [0.2, 0.25) is 0 Å². The Morgan fingerprint density at radius 2 is 2.04 bits per heavy atom. The Kier molecular flexibility index (Phi) is 4.57. The first-order valence-electron chi connectivity index (χ1n) is 9.05. The van der Waals surface area contributed by atoms with Crippen LogP contribution in [0.5, 0.6) is 0 Å². The number of alkyl halides is 1. The number of anilines is 1. The quantitative estimate of drug-likeness (QED) is 0.872. The zero-order valence-electron chi connectivity index (χ0n) is 14.4. The minimum Gasteiger partial charge on any atom is -0.318 e. The molecule has 6 heteroatoms. The molecule has 1 N–H and O–H groups in total. The van der Waals surface area contributed by atoms with E-state index in [0.717, 1.165) is 31.0 Å². The number of halogens is 2. The molecule has 4 nitrogen and oxygen atoms in total. The molecule has 2 saturated heterocycles. The molecule has 0 saturated carbocycles. The van der Waals surface area contributed by atoms with E-state index in [4.69, 9.17) is 0 Å². The maximum Gasteiger partial charge on any atom is 0.322 e. The van der Waals surface area contributed by atoms with Crippen molar-refractivity contribution in [2.24, 2.45) is 0 Å². The zero-order valence-corrected chi connectivity index (χ0v) is 14.4. The molecular weight excluding hydrogens is 336 g/mol. The van der Waals surface area contributed by atoms with E-state index < -0.39 is 12.5 Å². The Bertz CT molecular complexity index is 812. The van der Waals surface area contributed by atoms with Gasteiger partial charge >= 0.3 is 6.03 Å². The summed E-state index contributed by atoms with van der Waals surface area (Å²) >= 11 is 0. The second kappa shape index (κ2) is 7.02. The predicted octanol–water partition coefficient (Wildman–Crippen LogP) is 4.56. The van der Waals surface area contributed by atoms with Gasteiger partial charge in [0.05, 0.1) is 12.9 Å². The number of pyridine rings is 1. The van der Waals surface area contributed by atoms with Gasteiger partial charge in [0.1, 0.15) is 5.82 Å². The highest BCUT2D eigenvalue weighted by Crippen LogP contribution is 2.38. The van der Waals surface area contributed by atoms with Crippen LogP contribution in [-0.2, 0) is 6.42 Å². The number of benzene rings is 1. The van der Waals surface area contributed by atoms with E-state index >= 15 is 0 Å². The minimum atomic E-state index is -0.501. The topological polar surface area (TPSA) is 45.2 Å². The fraction of sp³-hybridized carbons (Fsp3) is 0.400. The highest BCUT2D eigenvalue weighted by Gasteiger charge is 2.44. The fourth-order valence-corrected chi connectivity index (χ4v) is 4.13. The molecule has 2 aliphatic heterocycles. The van der Waals surface area contributed by atoms with Crippen molar-refractivity contribution in [3.63, 3.8) is 0 Å². The number of hydrogen-bond donors (Lipinski definition) is 1. The molecule has 3 heterocycles. The van der Waals surface area contributed by atoms with E-state index in [1.54, 1.807) is 24.4 Å². The molecular formula is C20H21F2N3O. The SMILES string of the molecule is O=C(Nc1ccc(CCF)c(-c2cncc(F)c2)c1)N1C2CCCC1C2. The van der Waals surface area contributed by atoms with E-state index in [9.17, 15) is 13.6 Å². The molecule has 2 unspecified atom stereocenters. The monoisotopic (exact) mass is 357 g/mol. The van der Waals surface area contributed by atoms with Crippen molar-refractivity contribution < 1.29 is 13.6 Å². The predicted molar refractivity (Wildman–Crippen MR) is 96.2 cm³/mol. The molecule has 4 rings (SSSR count). The van der Waals surface area contributed by atoms with Crippen molar-refractivity contribution in [2.75, 3.05) is 12.0 Å². The van der Waals surface area contributed by atoms with Gasteiger partial charge in [-0.3, -0.25) is 9.37 Å². The standard InChI is InChI=1S/C20H21F2N3O/c21-7-6-13-4-5-16(9-19(13)14-8-15(22)12-23-11-14)24-20(26)25-17-2-1-3-18(25)10-17/h4-5,8-9,11-12,17-18H,1-3,6-7,10H2,(H,24,26). The highest BCUT2D eigenvalue weighted by atomic mass is 19.1. The number of nitrogens with zero attached hydrogens (tertiary/aromatic N) is 2. The van der Waals surface area contributed by atoms with Crippen molar-refractivity contribution in [1.29, 1.82) is 0 Å². The lowest BCUT2D eigenvalue weighted by Crippen LogP contribution is -2.62. The van der Waals surface area contributed by atoms with Gasteiger partial charge in [-0.25, -0.2) is 9.18 Å². The number of carbonyl (C=O) groups excluding carboxylic acids is 1. The number of hydrogen-bond acceptors (Lipinski definition) is 2. The Morgan fingerprint density at radius 1 is 1.23 bits per heavy atom. The molecule has 1 aromatic carbocycles. The van der Waals surface area contributed by atoms with Crippen molar-refractivity contribution in [3.8, 4) is 11.1 Å². The molecule has 2 aliphatic rings. The number of rotatable bonds is 4. The summed E-state index contributed by atoms with van der Waals surface area (Å²) < 4.78 is 26.4. The van der Waals surface area contributed by atoms with Gasteiger partial charge in [-0.2, -0.15) is 0 Å². The van der Waals surface area contributed by atoms with Gasteiger partial charge in [0.2, 0.25) is 0 Å². The number of aryl methyl sites for hydroxylation is 1. The number of amides is 2. The molecule has 1 aromatic heterocycles. The van der Waals surface area contributed by atoms with Crippen LogP contribution in [0.4, 0.5) is 19.3 Å². The van der Waals surface area contributed by atoms with E-state index in [1.165, 1.54) is 12.5 Å². The first-order valence-corrected chi connectivity index (χ1v) is 9.05. The number of piperidine rings is 1. The van der Waals surface area contributed by atoms with Gasteiger partial charge in [0.15, 0.2) is 0 Å². The number of carbonyl (C=O) groups is 1. The number of urea groups is 1. The van der Waals surface area contributed by atoms with Crippen LogP contribution in [0, 0.1) is 5.82 Å². The Balaban J connectivity index is 1.59. The smallest absolute Gasteiger partial charge is 0.318 e. The van der Waals surface area contributed by atoms with Gasteiger partial charge in [-0.1, -0.05) is 6.07 Å². The maximum atomic E-state index is 13.6. The van der Waals surface area contributed by atoms with Crippen LogP contribution in [-0.4, -0.2) is 34.7 Å². The van der Waals surface area contributed by atoms with Gasteiger partial charge in [0, 0.05) is 36.0 Å². The largest absolute Gasteiger partial charge is 0.322 e. The van der Waals surface area contributed by atoms with Gasteiger partial charge < -0.3 is 10.2 Å². The highest BCUT2D eigenvalue weighted by molar-refractivity contribution is 5.91. The molecule has 2 atom stereocenters. The number of nitrogens with one attached hydrogen (secondary N) is 1. The summed E-state index contributed by atoms with van der Waals surface area (Å²) in [6.07, 6.45) is 7.34. The molecule has 2 amide bonds. The molecule has 0 aliphatic carbocycles. The van der Waals surface area contributed by atoms with Gasteiger partial charge in [-0.05, 0) is 55.0 Å². The average Bonchev–Trinajstić information content (AvgIpc) is 2.63. The number of fused-ring (bicyclic) bond motifs is 2. The lowest BCUT2D eigenvalue weighted by molar-refractivity contribution is 0.0173. The lowest BCUT2D eigenvalue weighted by Gasteiger charge is -2.52. The Morgan fingerprint density at radius 3 is 2.73 bits per heavy atom. The average molecular weight is 357 g/mol. The van der Waals surface area contributed by atoms with E-state index in [2.05, 4.69) is 10.3 Å². The van der Waals surface area contributed by atoms with E-state index in [-0.39, 0.29) is 12.5 Å². The van der Waals surface area contributed by atoms with Crippen LogP contribution in [0.1, 0.15) is 31.2 Å². The molecule has 2 bridgehead atoms. The third-order valence-electron chi connectivity index (χ3n) is 5.38. The van der Waals surface area contributed by atoms with E-state index in [1.807, 2.05) is 4.90 Å². The Hall–Kier alpha value is -2.50. The summed E-state index contributed by atoms with van der Waals surface area (Å²) in [7, 11) is 0. The van der Waals surface area contributed by atoms with Crippen molar-refractivity contribution in [2.45, 2.75) is 44.2 Å². The fourth-order valence-electron chi connectivity index (χ4n) is 4.13. The number of aromatic nitrogens is 1. The van der Waals surface area contributed by atoms with Gasteiger partial charge in [0.25, 0.3) is 0 Å². The molecule has 0 radical (unpaired) electrons. The summed E-state index contributed by atoms with van der Waals surface area (Å²) in [6, 6.07) is 7.32. The Labute approximate surface area is 151 Å². The van der Waals surface area contributed by atoms with Crippen LogP contribution < -0.4 is 5.32 Å². The molecule has 2 fully saturated rings. The van der Waals surface area contributed by atoms with Crippen molar-refractivity contribution in [3.05, 3.63) is 48.0 Å². The summed E-state index contributed by atoms with van der Waals surface area (Å²) in [5.41, 5.74) is 2.65. The van der Waals surface area contributed by atoms with Crippen molar-refractivity contribution >= 4 is 11.7 Å². The molecule has 0 spiro atoms. The summed E-state index contributed by atoms with van der Waals surface area (Å²) in [5.74, 6) is -0.448. The summed E-state index contributed by atoms with van der Waals surface area (Å²) in [4.78, 5) is 18.4. The minimum absolute atomic E-state index is 0.0903. The second-order valence-electron chi connectivity index (χ2n) is 7.01. The third kappa shape index (κ3) is 3.16. The van der Waals surface area contributed by atoms with E-state index in [0.29, 0.717) is 28.9 Å². The van der Waals surface area contributed by atoms with Crippen LogP contribution >= 0.6 is 0 Å². The third-order valence-corrected chi connectivity index (χ3v) is 5.38. The molecule has 136 valence electrons. The normalized spacial score (nSPS) is 21.2. The first-order chi connectivity index (χ1) is 12.7. The van der Waals surface area contributed by atoms with Crippen LogP contribution in [0.25, 0.3) is 11.1 Å². The van der Waals surface area contributed by atoms with Crippen molar-refractivity contribution in [1.82, 2.24) is 9.88 Å². The van der Waals surface area contributed by atoms with Crippen LogP contribution in [0.15, 0.2) is 36.7 Å². The zero-order chi connectivity index (χ0) is 18.1. The maximum absolute atomic E-state index is 13.6. The second-order valence-corrected chi connectivity index (χ2v) is 7.01. The van der Waals surface area contributed by atoms with Crippen LogP contribution in [0.3, 0.4) is 0 Å². The molecule has 26 heavy (non-hydrogen) atoms. The lowest BCUT2D eigenvalue weighted by atomic mass is 9.80.